The molecule has 0 unspecified atom stereocenters. The molecule has 19 heavy (non-hydrogen) atoms. The fourth-order valence-electron chi connectivity index (χ4n) is 1.62. The minimum Gasteiger partial charge on any atom is -0.504 e. The second kappa shape index (κ2) is 6.91. The minimum atomic E-state index is -3.44. The molecule has 0 spiro atoms. The SMILES string of the molecule is CCOP(=O)(OCC)[C@@H](N)c1ccc(O)c(OC)c1. The van der Waals surface area contributed by atoms with Crippen molar-refractivity contribution >= 4 is 7.60 Å². The van der Waals surface area contributed by atoms with Crippen LogP contribution in [-0.4, -0.2) is 25.4 Å². The molecule has 0 heterocycles. The van der Waals surface area contributed by atoms with Gasteiger partial charge < -0.3 is 24.6 Å². The van der Waals surface area contributed by atoms with Crippen molar-refractivity contribution < 1.29 is 23.5 Å². The maximum absolute atomic E-state index is 12.5. The molecule has 0 bridgehead atoms. The van der Waals surface area contributed by atoms with Gasteiger partial charge in [-0.15, -0.1) is 0 Å². The maximum atomic E-state index is 12.5. The zero-order chi connectivity index (χ0) is 14.5. The highest BCUT2D eigenvalue weighted by Gasteiger charge is 2.34. The van der Waals surface area contributed by atoms with Crippen LogP contribution >= 0.6 is 7.60 Å². The molecule has 0 saturated heterocycles. The number of ether oxygens (including phenoxy) is 1. The van der Waals surface area contributed by atoms with Crippen LogP contribution in [0.4, 0.5) is 0 Å². The molecule has 1 atom stereocenters. The predicted molar refractivity (Wildman–Crippen MR) is 72.4 cm³/mol. The number of benzene rings is 1. The summed E-state index contributed by atoms with van der Waals surface area (Å²) in [5.41, 5.74) is 6.48. The highest BCUT2D eigenvalue weighted by molar-refractivity contribution is 7.54. The fraction of sp³-hybridized carbons (Fsp3) is 0.500. The Morgan fingerprint density at radius 3 is 2.37 bits per heavy atom. The van der Waals surface area contributed by atoms with Crippen LogP contribution in [-0.2, 0) is 13.6 Å². The van der Waals surface area contributed by atoms with Crippen molar-refractivity contribution in [1.29, 1.82) is 0 Å². The average molecular weight is 289 g/mol. The van der Waals surface area contributed by atoms with Crippen molar-refractivity contribution in [3.05, 3.63) is 23.8 Å². The summed E-state index contributed by atoms with van der Waals surface area (Å²) in [6.45, 7) is 3.91. The third-order valence-corrected chi connectivity index (χ3v) is 4.72. The number of methoxy groups -OCH3 is 1. The topological polar surface area (TPSA) is 91.0 Å². The van der Waals surface area contributed by atoms with Gasteiger partial charge in [-0.3, -0.25) is 4.57 Å². The number of hydrogen-bond acceptors (Lipinski definition) is 6. The Bertz CT molecular complexity index is 455. The van der Waals surface area contributed by atoms with Crippen LogP contribution in [0.5, 0.6) is 11.5 Å². The minimum absolute atomic E-state index is 0.0129. The van der Waals surface area contributed by atoms with E-state index in [1.54, 1.807) is 19.9 Å². The molecular formula is C12H20NO5P. The Labute approximate surface area is 113 Å². The summed E-state index contributed by atoms with van der Waals surface area (Å²) in [6, 6.07) is 4.51. The first-order valence-electron chi connectivity index (χ1n) is 5.99. The number of aromatic hydroxyl groups is 1. The summed E-state index contributed by atoms with van der Waals surface area (Å²) >= 11 is 0. The molecule has 0 fully saturated rings. The van der Waals surface area contributed by atoms with E-state index >= 15 is 0 Å². The first-order valence-corrected chi connectivity index (χ1v) is 7.61. The van der Waals surface area contributed by atoms with E-state index in [0.29, 0.717) is 5.56 Å². The second-order valence-corrected chi connectivity index (χ2v) is 5.90. The lowest BCUT2D eigenvalue weighted by Gasteiger charge is -2.23. The maximum Gasteiger partial charge on any atom is 0.351 e. The van der Waals surface area contributed by atoms with E-state index < -0.39 is 13.4 Å². The summed E-state index contributed by atoms with van der Waals surface area (Å²) in [5, 5.41) is 9.53. The van der Waals surface area contributed by atoms with Crippen molar-refractivity contribution in [2.75, 3.05) is 20.3 Å². The summed E-state index contributed by atoms with van der Waals surface area (Å²) in [5.74, 6) is -0.685. The average Bonchev–Trinajstić information content (AvgIpc) is 2.39. The summed E-state index contributed by atoms with van der Waals surface area (Å²) < 4.78 is 27.9. The molecule has 6 nitrogen and oxygen atoms in total. The highest BCUT2D eigenvalue weighted by Crippen LogP contribution is 2.58. The number of rotatable bonds is 7. The first-order chi connectivity index (χ1) is 8.98. The molecule has 7 heteroatoms. The molecule has 0 saturated carbocycles. The molecule has 0 aliphatic rings. The molecule has 0 amide bonds. The van der Waals surface area contributed by atoms with E-state index in [1.807, 2.05) is 0 Å². The standard InChI is InChI=1S/C12H20NO5P/c1-4-17-19(15,18-5-2)12(13)9-6-7-10(14)11(8-9)16-3/h6-8,12,14H,4-5,13H2,1-3H3/t12-/m1/s1. The second-order valence-electron chi connectivity index (χ2n) is 3.75. The van der Waals surface area contributed by atoms with E-state index in [2.05, 4.69) is 0 Å². The largest absolute Gasteiger partial charge is 0.504 e. The van der Waals surface area contributed by atoms with Gasteiger partial charge in [0.05, 0.1) is 20.3 Å². The number of phenols is 1. The van der Waals surface area contributed by atoms with Gasteiger partial charge in [-0.25, -0.2) is 0 Å². The Morgan fingerprint density at radius 1 is 1.32 bits per heavy atom. The van der Waals surface area contributed by atoms with Gasteiger partial charge in [0.25, 0.3) is 0 Å². The molecular weight excluding hydrogens is 269 g/mol. The van der Waals surface area contributed by atoms with Crippen LogP contribution in [0.3, 0.4) is 0 Å². The molecule has 3 N–H and O–H groups in total. The smallest absolute Gasteiger partial charge is 0.351 e. The Morgan fingerprint density at radius 2 is 1.89 bits per heavy atom. The predicted octanol–water partition coefficient (Wildman–Crippen LogP) is 2.62. The van der Waals surface area contributed by atoms with Gasteiger partial charge in [-0.1, -0.05) is 6.07 Å². The van der Waals surface area contributed by atoms with E-state index in [1.165, 1.54) is 19.2 Å². The lowest BCUT2D eigenvalue weighted by molar-refractivity contribution is 0.212. The highest BCUT2D eigenvalue weighted by atomic mass is 31.2. The van der Waals surface area contributed by atoms with Gasteiger partial charge >= 0.3 is 7.60 Å². The van der Waals surface area contributed by atoms with Crippen LogP contribution < -0.4 is 10.5 Å². The first kappa shape index (κ1) is 16.0. The summed E-state index contributed by atoms with van der Waals surface area (Å²) in [6.07, 6.45) is 0. The van der Waals surface area contributed by atoms with Crippen LogP contribution in [0.2, 0.25) is 0 Å². The van der Waals surface area contributed by atoms with E-state index in [9.17, 15) is 9.67 Å². The van der Waals surface area contributed by atoms with Crippen molar-refractivity contribution in [3.8, 4) is 11.5 Å². The zero-order valence-electron chi connectivity index (χ0n) is 11.3. The van der Waals surface area contributed by atoms with Crippen LogP contribution in [0, 0.1) is 0 Å². The quantitative estimate of drug-likeness (QED) is 0.750. The van der Waals surface area contributed by atoms with Gasteiger partial charge in [0.15, 0.2) is 11.5 Å². The molecule has 1 aromatic carbocycles. The Kier molecular flexibility index (Phi) is 5.82. The molecule has 1 rings (SSSR count). The van der Waals surface area contributed by atoms with E-state index in [0.717, 1.165) is 0 Å². The molecule has 108 valence electrons. The lowest BCUT2D eigenvalue weighted by atomic mass is 10.2. The van der Waals surface area contributed by atoms with Gasteiger partial charge in [-0.2, -0.15) is 0 Å². The van der Waals surface area contributed by atoms with Crippen molar-refractivity contribution in [2.24, 2.45) is 5.73 Å². The molecule has 0 radical (unpaired) electrons. The van der Waals surface area contributed by atoms with Crippen molar-refractivity contribution in [1.82, 2.24) is 0 Å². The molecule has 1 aromatic rings. The van der Waals surface area contributed by atoms with Crippen LogP contribution in [0.25, 0.3) is 0 Å². The lowest BCUT2D eigenvalue weighted by Crippen LogP contribution is -2.15. The van der Waals surface area contributed by atoms with Gasteiger partial charge in [0, 0.05) is 0 Å². The van der Waals surface area contributed by atoms with Gasteiger partial charge in [-0.05, 0) is 31.5 Å². The van der Waals surface area contributed by atoms with Gasteiger partial charge in [0.2, 0.25) is 0 Å². The number of nitrogens with two attached hydrogens (primary N) is 1. The number of hydrogen-bond donors (Lipinski definition) is 2. The Hall–Kier alpha value is -1.07. The third kappa shape index (κ3) is 3.70. The van der Waals surface area contributed by atoms with E-state index in [-0.39, 0.29) is 24.7 Å². The normalized spacial score (nSPS) is 13.3. The zero-order valence-corrected chi connectivity index (χ0v) is 12.2. The fourth-order valence-corrected chi connectivity index (χ4v) is 3.26. The third-order valence-electron chi connectivity index (χ3n) is 2.50. The number of phenolic OH excluding ortho intramolecular Hbond substituents is 1. The van der Waals surface area contributed by atoms with Crippen LogP contribution in [0.15, 0.2) is 18.2 Å². The Balaban J connectivity index is 3.09. The molecule has 0 aliphatic carbocycles. The monoisotopic (exact) mass is 289 g/mol. The van der Waals surface area contributed by atoms with E-state index in [4.69, 9.17) is 19.5 Å². The summed E-state index contributed by atoms with van der Waals surface area (Å²) in [7, 11) is -2.01. The van der Waals surface area contributed by atoms with Crippen molar-refractivity contribution in [2.45, 2.75) is 19.6 Å². The van der Waals surface area contributed by atoms with Gasteiger partial charge in [0.1, 0.15) is 5.78 Å². The van der Waals surface area contributed by atoms with Crippen LogP contribution in [0.1, 0.15) is 25.2 Å². The van der Waals surface area contributed by atoms with Crippen molar-refractivity contribution in [3.63, 3.8) is 0 Å². The summed E-state index contributed by atoms with van der Waals surface area (Å²) in [4.78, 5) is 0. The molecule has 0 aliphatic heterocycles. The molecule has 0 aromatic heterocycles.